The Labute approximate surface area is 63.2 Å². The van der Waals surface area contributed by atoms with Crippen LogP contribution >= 0.6 is 0 Å². The van der Waals surface area contributed by atoms with E-state index in [-0.39, 0.29) is 12.5 Å². The van der Waals surface area contributed by atoms with Crippen LogP contribution in [0.5, 0.6) is 0 Å². The molecule has 2 fully saturated rings. The summed E-state index contributed by atoms with van der Waals surface area (Å²) in [6.07, 6.45) is 0.199. The molecule has 0 aromatic carbocycles. The second kappa shape index (κ2) is 1.94. The van der Waals surface area contributed by atoms with Gasteiger partial charge in [0.15, 0.2) is 0 Å². The number of hydrogen-bond acceptors (Lipinski definition) is 5. The number of epoxide rings is 2. The highest BCUT2D eigenvalue weighted by atomic mass is 16.8. The molecule has 2 saturated heterocycles. The molecule has 5 heteroatoms. The predicted octanol–water partition coefficient (Wildman–Crippen LogP) is -1.82. The van der Waals surface area contributed by atoms with E-state index in [1.54, 1.807) is 0 Å². The summed E-state index contributed by atoms with van der Waals surface area (Å²) in [5, 5.41) is 27.1. The largest absolute Gasteiger partial charge is 0.391 e. The van der Waals surface area contributed by atoms with E-state index >= 15 is 0 Å². The van der Waals surface area contributed by atoms with E-state index in [0.717, 1.165) is 0 Å². The molecular weight excluding hydrogens is 152 g/mol. The molecule has 2 heterocycles. The lowest BCUT2D eigenvalue weighted by atomic mass is 10.1. The molecule has 64 valence electrons. The fraction of sp³-hybridized carbons (Fsp3) is 1.00. The minimum absolute atomic E-state index is 0.0272. The summed E-state index contributed by atoms with van der Waals surface area (Å²) >= 11 is 0. The molecule has 0 amide bonds. The van der Waals surface area contributed by atoms with Crippen molar-refractivity contribution in [1.29, 1.82) is 0 Å². The van der Waals surface area contributed by atoms with Crippen LogP contribution in [0.1, 0.15) is 6.42 Å². The van der Waals surface area contributed by atoms with E-state index in [2.05, 4.69) is 4.74 Å². The third-order valence-corrected chi connectivity index (χ3v) is 2.03. The van der Waals surface area contributed by atoms with Crippen LogP contribution in [0.25, 0.3) is 0 Å². The summed E-state index contributed by atoms with van der Waals surface area (Å²) in [6, 6.07) is 0. The van der Waals surface area contributed by atoms with Crippen LogP contribution in [0.4, 0.5) is 0 Å². The van der Waals surface area contributed by atoms with Gasteiger partial charge in [0, 0.05) is 6.42 Å². The maximum absolute atomic E-state index is 9.35. The Morgan fingerprint density at radius 1 is 1.36 bits per heavy atom. The highest BCUT2D eigenvalue weighted by Gasteiger charge is 2.70. The van der Waals surface area contributed by atoms with Crippen LogP contribution in [0, 0.1) is 0 Å². The molecule has 5 nitrogen and oxygen atoms in total. The first-order valence-electron chi connectivity index (χ1n) is 3.47. The average Bonchev–Trinajstić information content (AvgIpc) is 2.78. The van der Waals surface area contributed by atoms with Gasteiger partial charge in [0.2, 0.25) is 11.6 Å². The summed E-state index contributed by atoms with van der Waals surface area (Å²) in [5.41, 5.74) is 0. The van der Waals surface area contributed by atoms with Gasteiger partial charge in [0.1, 0.15) is 6.61 Å². The standard InChI is InChI=1S/C6H10O5/c7-3-6(9)5(8,11-6)1-4-2-10-4/h4,7-9H,1-3H2. The van der Waals surface area contributed by atoms with Gasteiger partial charge in [-0.2, -0.15) is 0 Å². The molecule has 0 spiro atoms. The highest BCUT2D eigenvalue weighted by Crippen LogP contribution is 2.48. The van der Waals surface area contributed by atoms with Crippen molar-refractivity contribution in [2.45, 2.75) is 24.1 Å². The Morgan fingerprint density at radius 3 is 2.36 bits per heavy atom. The van der Waals surface area contributed by atoms with E-state index in [4.69, 9.17) is 14.9 Å². The van der Waals surface area contributed by atoms with Gasteiger partial charge in [0.05, 0.1) is 12.7 Å². The molecule has 3 N–H and O–H groups in total. The van der Waals surface area contributed by atoms with Crippen molar-refractivity contribution >= 4 is 0 Å². The van der Waals surface area contributed by atoms with Gasteiger partial charge in [0.25, 0.3) is 0 Å². The maximum Gasteiger partial charge on any atom is 0.247 e. The first kappa shape index (κ1) is 7.45. The lowest BCUT2D eigenvalue weighted by Crippen LogP contribution is -2.30. The summed E-state index contributed by atoms with van der Waals surface area (Å²) in [5.74, 6) is -3.33. The number of ether oxygens (including phenoxy) is 2. The lowest BCUT2D eigenvalue weighted by Gasteiger charge is -2.04. The zero-order valence-electron chi connectivity index (χ0n) is 5.86. The Hall–Kier alpha value is -0.200. The Bertz CT molecular complexity index is 180. The quantitative estimate of drug-likeness (QED) is 0.425. The third kappa shape index (κ3) is 1.05. The zero-order chi connectivity index (χ0) is 8.11. The first-order chi connectivity index (χ1) is 5.10. The molecule has 3 atom stereocenters. The Balaban J connectivity index is 1.92. The van der Waals surface area contributed by atoms with Crippen molar-refractivity contribution in [3.8, 4) is 0 Å². The second-order valence-electron chi connectivity index (χ2n) is 2.99. The van der Waals surface area contributed by atoms with Gasteiger partial charge in [-0.1, -0.05) is 0 Å². The van der Waals surface area contributed by atoms with Crippen LogP contribution in [-0.4, -0.2) is 46.2 Å². The van der Waals surface area contributed by atoms with Gasteiger partial charge in [-0.3, -0.25) is 0 Å². The molecule has 2 rings (SSSR count). The second-order valence-corrected chi connectivity index (χ2v) is 2.99. The summed E-state index contributed by atoms with van der Waals surface area (Å²) < 4.78 is 9.40. The van der Waals surface area contributed by atoms with Crippen molar-refractivity contribution in [2.24, 2.45) is 0 Å². The summed E-state index contributed by atoms with van der Waals surface area (Å²) in [4.78, 5) is 0. The topological polar surface area (TPSA) is 85.8 Å². The minimum Gasteiger partial charge on any atom is -0.391 e. The number of aliphatic hydroxyl groups is 3. The monoisotopic (exact) mass is 162 g/mol. The molecule has 2 aliphatic heterocycles. The zero-order valence-corrected chi connectivity index (χ0v) is 5.86. The molecule has 0 aromatic rings. The van der Waals surface area contributed by atoms with E-state index < -0.39 is 18.2 Å². The molecule has 0 aliphatic carbocycles. The van der Waals surface area contributed by atoms with Crippen LogP contribution in [-0.2, 0) is 9.47 Å². The van der Waals surface area contributed by atoms with Crippen molar-refractivity contribution in [3.05, 3.63) is 0 Å². The lowest BCUT2D eigenvalue weighted by molar-refractivity contribution is -0.0254. The van der Waals surface area contributed by atoms with E-state index in [0.29, 0.717) is 6.61 Å². The van der Waals surface area contributed by atoms with Gasteiger partial charge >= 0.3 is 0 Å². The van der Waals surface area contributed by atoms with E-state index in [1.165, 1.54) is 0 Å². The van der Waals surface area contributed by atoms with Crippen molar-refractivity contribution < 1.29 is 24.8 Å². The van der Waals surface area contributed by atoms with Crippen LogP contribution < -0.4 is 0 Å². The highest BCUT2D eigenvalue weighted by molar-refractivity contribution is 5.02. The molecule has 0 saturated carbocycles. The van der Waals surface area contributed by atoms with Crippen LogP contribution in [0.3, 0.4) is 0 Å². The average molecular weight is 162 g/mol. The maximum atomic E-state index is 9.35. The first-order valence-corrected chi connectivity index (χ1v) is 3.47. The molecule has 0 radical (unpaired) electrons. The normalized spacial score (nSPS) is 54.3. The summed E-state index contributed by atoms with van der Waals surface area (Å²) in [7, 11) is 0. The van der Waals surface area contributed by atoms with Crippen molar-refractivity contribution in [2.75, 3.05) is 13.2 Å². The summed E-state index contributed by atoms with van der Waals surface area (Å²) in [6.45, 7) is 0.00337. The van der Waals surface area contributed by atoms with Crippen LogP contribution in [0.15, 0.2) is 0 Å². The van der Waals surface area contributed by atoms with E-state index in [1.807, 2.05) is 0 Å². The molecular formula is C6H10O5. The molecule has 11 heavy (non-hydrogen) atoms. The molecule has 0 bridgehead atoms. The number of aliphatic hydroxyl groups excluding tert-OH is 1. The smallest absolute Gasteiger partial charge is 0.247 e. The van der Waals surface area contributed by atoms with Crippen molar-refractivity contribution in [1.82, 2.24) is 0 Å². The van der Waals surface area contributed by atoms with Crippen LogP contribution in [0.2, 0.25) is 0 Å². The van der Waals surface area contributed by atoms with Gasteiger partial charge in [-0.25, -0.2) is 0 Å². The predicted molar refractivity (Wildman–Crippen MR) is 32.4 cm³/mol. The van der Waals surface area contributed by atoms with Gasteiger partial charge < -0.3 is 24.8 Å². The van der Waals surface area contributed by atoms with Gasteiger partial charge in [-0.15, -0.1) is 0 Å². The fourth-order valence-electron chi connectivity index (χ4n) is 1.11. The third-order valence-electron chi connectivity index (χ3n) is 2.03. The molecule has 0 aromatic heterocycles. The fourth-order valence-corrected chi connectivity index (χ4v) is 1.11. The molecule has 2 aliphatic rings. The van der Waals surface area contributed by atoms with Crippen molar-refractivity contribution in [3.63, 3.8) is 0 Å². The molecule has 3 unspecified atom stereocenters. The van der Waals surface area contributed by atoms with Gasteiger partial charge in [-0.05, 0) is 0 Å². The van der Waals surface area contributed by atoms with E-state index in [9.17, 15) is 5.11 Å². The Morgan fingerprint density at radius 2 is 2.00 bits per heavy atom. The Kier molecular flexibility index (Phi) is 1.31. The SMILES string of the molecule is OCC1(O)OC1(O)CC1CO1. The minimum atomic E-state index is -1.75. The number of rotatable bonds is 3. The number of hydrogen-bond donors (Lipinski definition) is 3.